The van der Waals surface area contributed by atoms with Gasteiger partial charge >= 0.3 is 6.03 Å². The molecule has 0 radical (unpaired) electrons. The second-order valence-corrected chi connectivity index (χ2v) is 10.6. The molecule has 1 saturated heterocycles. The number of imide groups is 1. The summed E-state index contributed by atoms with van der Waals surface area (Å²) in [7, 11) is -3.37. The first-order chi connectivity index (χ1) is 15.3. The van der Waals surface area contributed by atoms with Crippen LogP contribution in [0.2, 0.25) is 0 Å². The molecule has 3 amide bonds. The molecule has 166 valence electrons. The maximum atomic E-state index is 13.3. The standard InChI is InChI=1S/C23H23N3O5S/c1-2-32(30,31)26-12-10-16-13-17(7-8-19(16)26)20(27)14-25-21(28)23(24-22(25)29)11-9-15-5-3-4-6-18(15)23/h3-8,13H,2,9-12,14H2,1H3,(H,24,29)/t23-/m0/s1. The maximum absolute atomic E-state index is 13.3. The molecule has 1 fully saturated rings. The lowest BCUT2D eigenvalue weighted by molar-refractivity contribution is -0.131. The molecule has 0 bridgehead atoms. The van der Waals surface area contributed by atoms with Crippen molar-refractivity contribution in [2.75, 3.05) is 23.1 Å². The molecule has 2 aromatic rings. The number of benzene rings is 2. The molecule has 8 nitrogen and oxygen atoms in total. The van der Waals surface area contributed by atoms with Crippen molar-refractivity contribution in [3.05, 3.63) is 64.7 Å². The largest absolute Gasteiger partial charge is 0.325 e. The number of rotatable bonds is 5. The van der Waals surface area contributed by atoms with E-state index in [1.54, 1.807) is 25.1 Å². The van der Waals surface area contributed by atoms with Gasteiger partial charge in [0.05, 0.1) is 18.0 Å². The van der Waals surface area contributed by atoms with Crippen LogP contribution in [0.4, 0.5) is 10.5 Å². The Morgan fingerprint density at radius 2 is 1.88 bits per heavy atom. The summed E-state index contributed by atoms with van der Waals surface area (Å²) in [6.07, 6.45) is 1.67. The predicted octanol–water partition coefficient (Wildman–Crippen LogP) is 1.97. The van der Waals surface area contributed by atoms with E-state index >= 15 is 0 Å². The molecule has 2 aromatic carbocycles. The number of nitrogens with one attached hydrogen (secondary N) is 1. The molecule has 2 heterocycles. The Kier molecular flexibility index (Phi) is 4.63. The van der Waals surface area contributed by atoms with Crippen molar-refractivity contribution in [1.29, 1.82) is 0 Å². The van der Waals surface area contributed by atoms with Crippen molar-refractivity contribution in [1.82, 2.24) is 10.2 Å². The van der Waals surface area contributed by atoms with Crippen molar-refractivity contribution in [3.8, 4) is 0 Å². The van der Waals surface area contributed by atoms with Gasteiger partial charge in [-0.2, -0.15) is 0 Å². The van der Waals surface area contributed by atoms with E-state index in [1.807, 2.05) is 24.3 Å². The molecule has 1 spiro atoms. The Morgan fingerprint density at radius 3 is 2.66 bits per heavy atom. The number of anilines is 1. The summed E-state index contributed by atoms with van der Waals surface area (Å²) in [5.41, 5.74) is 2.43. The summed E-state index contributed by atoms with van der Waals surface area (Å²) >= 11 is 0. The minimum absolute atomic E-state index is 0.00415. The van der Waals surface area contributed by atoms with Crippen molar-refractivity contribution >= 4 is 33.4 Å². The number of amides is 3. The number of aryl methyl sites for hydroxylation is 1. The quantitative estimate of drug-likeness (QED) is 0.551. The van der Waals surface area contributed by atoms with E-state index in [-0.39, 0.29) is 18.1 Å². The van der Waals surface area contributed by atoms with Crippen LogP contribution in [0.3, 0.4) is 0 Å². The Labute approximate surface area is 186 Å². The fourth-order valence-electron chi connectivity index (χ4n) is 4.96. The molecule has 3 aliphatic rings. The number of sulfonamides is 1. The molecular weight excluding hydrogens is 430 g/mol. The normalized spacial score (nSPS) is 21.8. The van der Waals surface area contributed by atoms with E-state index in [4.69, 9.17) is 0 Å². The van der Waals surface area contributed by atoms with Gasteiger partial charge in [-0.3, -0.25) is 18.8 Å². The van der Waals surface area contributed by atoms with Crippen LogP contribution in [0.15, 0.2) is 42.5 Å². The molecule has 0 unspecified atom stereocenters. The fraction of sp³-hybridized carbons (Fsp3) is 0.348. The highest BCUT2D eigenvalue weighted by Crippen LogP contribution is 2.41. The van der Waals surface area contributed by atoms with Gasteiger partial charge in [0, 0.05) is 12.1 Å². The smallest absolute Gasteiger partial charge is 0.319 e. The highest BCUT2D eigenvalue weighted by molar-refractivity contribution is 7.92. The molecule has 0 saturated carbocycles. The van der Waals surface area contributed by atoms with Gasteiger partial charge in [-0.05, 0) is 61.1 Å². The molecule has 32 heavy (non-hydrogen) atoms. The number of urea groups is 1. The lowest BCUT2D eigenvalue weighted by atomic mass is 9.92. The van der Waals surface area contributed by atoms with Crippen LogP contribution in [0.1, 0.15) is 40.4 Å². The monoisotopic (exact) mass is 453 g/mol. The fourth-order valence-corrected chi connectivity index (χ4v) is 6.12. The maximum Gasteiger partial charge on any atom is 0.325 e. The molecule has 2 aliphatic heterocycles. The van der Waals surface area contributed by atoms with Crippen LogP contribution in [-0.2, 0) is 33.2 Å². The van der Waals surface area contributed by atoms with E-state index in [1.165, 1.54) is 4.31 Å². The number of carbonyl (C=O) groups is 3. The topological polar surface area (TPSA) is 104 Å². The molecular formula is C23H23N3O5S. The third kappa shape index (κ3) is 2.95. The third-order valence-corrected chi connectivity index (χ3v) is 8.46. The van der Waals surface area contributed by atoms with Crippen LogP contribution >= 0.6 is 0 Å². The number of hydrogen-bond donors (Lipinski definition) is 1. The molecule has 1 N–H and O–H groups in total. The number of Topliss-reactive ketones (excluding diaryl/α,β-unsaturated/α-hetero) is 1. The predicted molar refractivity (Wildman–Crippen MR) is 118 cm³/mol. The van der Waals surface area contributed by atoms with E-state index < -0.39 is 27.5 Å². The molecule has 1 atom stereocenters. The van der Waals surface area contributed by atoms with Crippen molar-refractivity contribution in [3.63, 3.8) is 0 Å². The number of fused-ring (bicyclic) bond motifs is 3. The van der Waals surface area contributed by atoms with E-state index in [2.05, 4.69) is 5.32 Å². The lowest BCUT2D eigenvalue weighted by Gasteiger charge is -2.22. The lowest BCUT2D eigenvalue weighted by Crippen LogP contribution is -2.42. The second-order valence-electron chi connectivity index (χ2n) is 8.37. The molecule has 9 heteroatoms. The van der Waals surface area contributed by atoms with Crippen LogP contribution < -0.4 is 9.62 Å². The highest BCUT2D eigenvalue weighted by Gasteiger charge is 2.55. The summed E-state index contributed by atoms with van der Waals surface area (Å²) in [6, 6.07) is 11.8. The highest BCUT2D eigenvalue weighted by atomic mass is 32.2. The Balaban J connectivity index is 1.38. The second kappa shape index (κ2) is 7.16. The Bertz CT molecular complexity index is 1270. The van der Waals surface area contributed by atoms with Crippen molar-refractivity contribution in [2.45, 2.75) is 31.7 Å². The van der Waals surface area contributed by atoms with Gasteiger partial charge in [0.1, 0.15) is 5.54 Å². The van der Waals surface area contributed by atoms with Crippen LogP contribution in [0, 0.1) is 0 Å². The first-order valence-electron chi connectivity index (χ1n) is 10.7. The SMILES string of the molecule is CCS(=O)(=O)N1CCc2cc(C(=O)CN3C(=O)N[C@]4(CCc5ccccc54)C3=O)ccc21. The summed E-state index contributed by atoms with van der Waals surface area (Å²) in [5.74, 6) is -0.761. The first-order valence-corrected chi connectivity index (χ1v) is 12.3. The summed E-state index contributed by atoms with van der Waals surface area (Å²) in [6.45, 7) is 1.58. The average Bonchev–Trinajstić information content (AvgIpc) is 3.45. The number of ketones is 1. The number of carbonyl (C=O) groups excluding carboxylic acids is 3. The van der Waals surface area contributed by atoms with Crippen LogP contribution in [-0.4, -0.2) is 49.9 Å². The van der Waals surface area contributed by atoms with Gasteiger partial charge in [-0.25, -0.2) is 13.2 Å². The number of nitrogens with zero attached hydrogens (tertiary/aromatic N) is 2. The van der Waals surface area contributed by atoms with Crippen molar-refractivity contribution in [2.24, 2.45) is 0 Å². The van der Waals surface area contributed by atoms with Gasteiger partial charge < -0.3 is 5.32 Å². The molecule has 0 aromatic heterocycles. The summed E-state index contributed by atoms with van der Waals surface area (Å²) in [5, 5.41) is 2.82. The summed E-state index contributed by atoms with van der Waals surface area (Å²) in [4.78, 5) is 39.9. The van der Waals surface area contributed by atoms with Gasteiger partial charge in [0.25, 0.3) is 5.91 Å². The van der Waals surface area contributed by atoms with E-state index in [0.717, 1.165) is 21.6 Å². The molecule has 1 aliphatic carbocycles. The first kappa shape index (κ1) is 20.7. The summed E-state index contributed by atoms with van der Waals surface area (Å²) < 4.78 is 25.9. The van der Waals surface area contributed by atoms with Crippen molar-refractivity contribution < 1.29 is 22.8 Å². The zero-order valence-electron chi connectivity index (χ0n) is 17.6. The number of hydrogen-bond acceptors (Lipinski definition) is 5. The van der Waals surface area contributed by atoms with Crippen LogP contribution in [0.25, 0.3) is 0 Å². The van der Waals surface area contributed by atoms with Crippen LogP contribution in [0.5, 0.6) is 0 Å². The van der Waals surface area contributed by atoms with Gasteiger partial charge in [-0.1, -0.05) is 24.3 Å². The van der Waals surface area contributed by atoms with E-state index in [0.29, 0.717) is 37.1 Å². The third-order valence-electron chi connectivity index (χ3n) is 6.68. The van der Waals surface area contributed by atoms with E-state index in [9.17, 15) is 22.8 Å². The Morgan fingerprint density at radius 1 is 1.09 bits per heavy atom. The zero-order chi connectivity index (χ0) is 22.7. The molecule has 5 rings (SSSR count). The minimum atomic E-state index is -3.37. The zero-order valence-corrected chi connectivity index (χ0v) is 18.4. The Hall–Kier alpha value is -3.20. The minimum Gasteiger partial charge on any atom is -0.319 e. The van der Waals surface area contributed by atoms with Gasteiger partial charge in [0.15, 0.2) is 5.78 Å². The van der Waals surface area contributed by atoms with Gasteiger partial charge in [0.2, 0.25) is 10.0 Å². The average molecular weight is 454 g/mol. The van der Waals surface area contributed by atoms with Gasteiger partial charge in [-0.15, -0.1) is 0 Å².